The molecule has 1 aromatic rings. The van der Waals surface area contributed by atoms with Gasteiger partial charge in [-0.1, -0.05) is 12.8 Å². The smallest absolute Gasteiger partial charge is 0.240 e. The van der Waals surface area contributed by atoms with E-state index < -0.39 is 0 Å². The monoisotopic (exact) mass is 282 g/mol. The quantitative estimate of drug-likeness (QED) is 0.859. The molecule has 1 amide bonds. The lowest BCUT2D eigenvalue weighted by atomic mass is 9.84. The van der Waals surface area contributed by atoms with Gasteiger partial charge in [0.1, 0.15) is 0 Å². The van der Waals surface area contributed by atoms with Crippen LogP contribution < -0.4 is 11.1 Å². The lowest BCUT2D eigenvalue weighted by Gasteiger charge is -2.37. The number of thiazole rings is 1. The number of nitrogens with zero attached hydrogens (tertiary/aromatic N) is 2. The molecule has 0 spiro atoms. The van der Waals surface area contributed by atoms with Gasteiger partial charge in [-0.2, -0.15) is 0 Å². The molecule has 2 unspecified atom stereocenters. The standard InChI is InChI=1S/C13H22N4OS/c1-17(11-5-3-2-4-10(11)8-14)9-12(18)16-13-15-6-7-19-13/h6-7,10-11H,2-5,8-9,14H2,1H3,(H,15,16,18). The minimum Gasteiger partial charge on any atom is -0.330 e. The van der Waals surface area contributed by atoms with Crippen molar-refractivity contribution in [1.29, 1.82) is 0 Å². The third-order valence-corrected chi connectivity index (χ3v) is 4.50. The van der Waals surface area contributed by atoms with Gasteiger partial charge in [0.15, 0.2) is 5.13 Å². The Kier molecular flexibility index (Phi) is 5.30. The van der Waals surface area contributed by atoms with Crippen molar-refractivity contribution in [2.24, 2.45) is 11.7 Å². The van der Waals surface area contributed by atoms with Crippen LogP contribution >= 0.6 is 11.3 Å². The molecule has 1 aliphatic rings. The van der Waals surface area contributed by atoms with Crippen LogP contribution in [0.25, 0.3) is 0 Å². The second-order valence-corrected chi connectivity index (χ2v) is 6.04. The van der Waals surface area contributed by atoms with E-state index in [0.29, 0.717) is 30.2 Å². The van der Waals surface area contributed by atoms with Crippen molar-refractivity contribution >= 4 is 22.4 Å². The van der Waals surface area contributed by atoms with E-state index in [2.05, 4.69) is 15.2 Å². The predicted molar refractivity (Wildman–Crippen MR) is 78.2 cm³/mol. The van der Waals surface area contributed by atoms with Gasteiger partial charge in [-0.15, -0.1) is 11.3 Å². The predicted octanol–water partition coefficient (Wildman–Crippen LogP) is 1.53. The Balaban J connectivity index is 1.85. The van der Waals surface area contributed by atoms with Gasteiger partial charge < -0.3 is 11.1 Å². The number of hydrogen-bond donors (Lipinski definition) is 2. The van der Waals surface area contributed by atoms with Crippen molar-refractivity contribution in [3.63, 3.8) is 0 Å². The minimum atomic E-state index is -0.00112. The summed E-state index contributed by atoms with van der Waals surface area (Å²) < 4.78 is 0. The van der Waals surface area contributed by atoms with Crippen LogP contribution in [0.15, 0.2) is 11.6 Å². The van der Waals surface area contributed by atoms with E-state index in [0.717, 1.165) is 6.42 Å². The molecule has 2 rings (SSSR count). The Hall–Kier alpha value is -0.980. The van der Waals surface area contributed by atoms with E-state index >= 15 is 0 Å². The first-order valence-corrected chi connectivity index (χ1v) is 7.68. The normalized spacial score (nSPS) is 23.5. The van der Waals surface area contributed by atoms with Crippen molar-refractivity contribution in [2.45, 2.75) is 31.7 Å². The molecule has 0 bridgehead atoms. The zero-order chi connectivity index (χ0) is 13.7. The lowest BCUT2D eigenvalue weighted by molar-refractivity contribution is -0.117. The van der Waals surface area contributed by atoms with Gasteiger partial charge in [0, 0.05) is 17.6 Å². The summed E-state index contributed by atoms with van der Waals surface area (Å²) in [7, 11) is 2.01. The molecule has 2 atom stereocenters. The van der Waals surface area contributed by atoms with Crippen LogP contribution in [0, 0.1) is 5.92 Å². The van der Waals surface area contributed by atoms with Crippen LogP contribution in [0.2, 0.25) is 0 Å². The van der Waals surface area contributed by atoms with Crippen LogP contribution in [0.1, 0.15) is 25.7 Å². The van der Waals surface area contributed by atoms with E-state index in [1.54, 1.807) is 6.20 Å². The van der Waals surface area contributed by atoms with Crippen LogP contribution in [-0.2, 0) is 4.79 Å². The topological polar surface area (TPSA) is 71.2 Å². The molecule has 0 saturated heterocycles. The summed E-state index contributed by atoms with van der Waals surface area (Å²) >= 11 is 1.44. The highest BCUT2D eigenvalue weighted by Gasteiger charge is 2.28. The molecule has 1 aliphatic carbocycles. The molecule has 106 valence electrons. The Bertz CT molecular complexity index is 395. The van der Waals surface area contributed by atoms with Crippen molar-refractivity contribution in [1.82, 2.24) is 9.88 Å². The van der Waals surface area contributed by atoms with Gasteiger partial charge in [0.2, 0.25) is 5.91 Å². The Labute approximate surface area is 118 Å². The number of nitrogens with one attached hydrogen (secondary N) is 1. The molecule has 19 heavy (non-hydrogen) atoms. The first kappa shape index (κ1) is 14.4. The second-order valence-electron chi connectivity index (χ2n) is 5.15. The third kappa shape index (κ3) is 3.99. The zero-order valence-corrected chi connectivity index (χ0v) is 12.2. The molecule has 5 nitrogen and oxygen atoms in total. The molecule has 0 aromatic carbocycles. The summed E-state index contributed by atoms with van der Waals surface area (Å²) in [6.07, 6.45) is 6.51. The van der Waals surface area contributed by atoms with Crippen molar-refractivity contribution in [2.75, 3.05) is 25.5 Å². The number of likely N-dealkylation sites (N-methyl/N-ethyl adjacent to an activating group) is 1. The molecule has 0 aliphatic heterocycles. The average molecular weight is 282 g/mol. The lowest BCUT2D eigenvalue weighted by Crippen LogP contribution is -2.45. The summed E-state index contributed by atoms with van der Waals surface area (Å²) in [6, 6.07) is 0.431. The summed E-state index contributed by atoms with van der Waals surface area (Å²) in [5, 5.41) is 5.34. The van der Waals surface area contributed by atoms with E-state index in [4.69, 9.17) is 5.73 Å². The molecule has 6 heteroatoms. The van der Waals surface area contributed by atoms with E-state index in [-0.39, 0.29) is 5.91 Å². The van der Waals surface area contributed by atoms with Crippen molar-refractivity contribution in [3.05, 3.63) is 11.6 Å². The maximum absolute atomic E-state index is 11.9. The van der Waals surface area contributed by atoms with Crippen LogP contribution in [0.5, 0.6) is 0 Å². The highest BCUT2D eigenvalue weighted by Crippen LogP contribution is 2.27. The summed E-state index contributed by atoms with van der Waals surface area (Å²) in [6.45, 7) is 1.11. The highest BCUT2D eigenvalue weighted by molar-refractivity contribution is 7.13. The molecule has 3 N–H and O–H groups in total. The highest BCUT2D eigenvalue weighted by atomic mass is 32.1. The first-order chi connectivity index (χ1) is 9.20. The minimum absolute atomic E-state index is 0.00112. The van der Waals surface area contributed by atoms with Gasteiger partial charge in [-0.05, 0) is 32.4 Å². The Morgan fingerprint density at radius 1 is 1.58 bits per heavy atom. The van der Waals surface area contributed by atoms with Gasteiger partial charge in [-0.25, -0.2) is 4.98 Å². The van der Waals surface area contributed by atoms with Gasteiger partial charge in [0.25, 0.3) is 0 Å². The maximum Gasteiger partial charge on any atom is 0.240 e. The van der Waals surface area contributed by atoms with E-state index in [9.17, 15) is 4.79 Å². The number of anilines is 1. The van der Waals surface area contributed by atoms with Crippen LogP contribution in [-0.4, -0.2) is 42.0 Å². The molecule has 1 aromatic heterocycles. The number of amides is 1. The van der Waals surface area contributed by atoms with Crippen molar-refractivity contribution in [3.8, 4) is 0 Å². The maximum atomic E-state index is 11.9. The van der Waals surface area contributed by atoms with Gasteiger partial charge >= 0.3 is 0 Å². The molecular weight excluding hydrogens is 260 g/mol. The fourth-order valence-electron chi connectivity index (χ4n) is 2.83. The van der Waals surface area contributed by atoms with Gasteiger partial charge in [0.05, 0.1) is 6.54 Å². The number of aromatic nitrogens is 1. The number of nitrogens with two attached hydrogens (primary N) is 1. The van der Waals surface area contributed by atoms with Gasteiger partial charge in [-0.3, -0.25) is 9.69 Å². The van der Waals surface area contributed by atoms with E-state index in [1.807, 2.05) is 12.4 Å². The fourth-order valence-corrected chi connectivity index (χ4v) is 3.38. The van der Waals surface area contributed by atoms with Crippen molar-refractivity contribution < 1.29 is 4.79 Å². The van der Waals surface area contributed by atoms with Crippen LogP contribution in [0.3, 0.4) is 0 Å². The molecule has 1 fully saturated rings. The Morgan fingerprint density at radius 2 is 2.37 bits per heavy atom. The van der Waals surface area contributed by atoms with Crippen LogP contribution in [0.4, 0.5) is 5.13 Å². The summed E-state index contributed by atoms with van der Waals surface area (Å²) in [5.41, 5.74) is 5.84. The fraction of sp³-hybridized carbons (Fsp3) is 0.692. The number of hydrogen-bond acceptors (Lipinski definition) is 5. The first-order valence-electron chi connectivity index (χ1n) is 6.80. The number of carbonyl (C=O) groups is 1. The average Bonchev–Trinajstić information content (AvgIpc) is 2.91. The molecule has 0 radical (unpaired) electrons. The summed E-state index contributed by atoms with van der Waals surface area (Å²) in [4.78, 5) is 18.1. The largest absolute Gasteiger partial charge is 0.330 e. The van der Waals surface area contributed by atoms with E-state index in [1.165, 1.54) is 30.6 Å². The summed E-state index contributed by atoms with van der Waals surface area (Å²) in [5.74, 6) is 0.519. The number of carbonyl (C=O) groups excluding carboxylic acids is 1. The molecule has 1 saturated carbocycles. The Morgan fingerprint density at radius 3 is 3.05 bits per heavy atom. The molecular formula is C13H22N4OS. The SMILES string of the molecule is CN(CC(=O)Nc1nccs1)C1CCCCC1CN. The number of rotatable bonds is 5. The zero-order valence-electron chi connectivity index (χ0n) is 11.3. The third-order valence-electron chi connectivity index (χ3n) is 3.81. The second kappa shape index (κ2) is 6.98. The molecule has 1 heterocycles.